The van der Waals surface area contributed by atoms with Gasteiger partial charge in [0.2, 0.25) is 0 Å². The van der Waals surface area contributed by atoms with Gasteiger partial charge in [-0.3, -0.25) is 9.36 Å². The predicted octanol–water partition coefficient (Wildman–Crippen LogP) is 14.2. The molecule has 352 valence electrons. The molecule has 0 aromatic heterocycles. The van der Waals surface area contributed by atoms with Crippen LogP contribution in [0, 0.1) is 0 Å². The van der Waals surface area contributed by atoms with E-state index in [4.69, 9.17) is 18.5 Å². The van der Waals surface area contributed by atoms with Crippen LogP contribution >= 0.6 is 7.82 Å². The number of carbonyl (C=O) groups is 1. The molecule has 0 heterocycles. The number of rotatable bonds is 44. The number of esters is 1. The maximum atomic E-state index is 12.7. The van der Waals surface area contributed by atoms with Gasteiger partial charge in [-0.1, -0.05) is 176 Å². The molecule has 8 nitrogen and oxygen atoms in total. The van der Waals surface area contributed by atoms with Crippen LogP contribution in [0.4, 0.5) is 0 Å². The molecule has 0 aliphatic heterocycles. The van der Waals surface area contributed by atoms with Gasteiger partial charge >= 0.3 is 5.97 Å². The summed E-state index contributed by atoms with van der Waals surface area (Å²) in [5, 5.41) is 0. The van der Waals surface area contributed by atoms with Crippen LogP contribution in [0.3, 0.4) is 0 Å². The third-order valence-corrected chi connectivity index (χ3v) is 10.9. The highest BCUT2D eigenvalue weighted by molar-refractivity contribution is 7.45. The predicted molar refractivity (Wildman–Crippen MR) is 258 cm³/mol. The number of allylic oxidation sites excluding steroid dienone is 14. The maximum absolute atomic E-state index is 12.7. The lowest BCUT2D eigenvalue weighted by molar-refractivity contribution is -0.870. The molecule has 61 heavy (non-hydrogen) atoms. The van der Waals surface area contributed by atoms with Crippen LogP contribution < -0.4 is 4.89 Å². The van der Waals surface area contributed by atoms with Gasteiger partial charge in [-0.25, -0.2) is 0 Å². The van der Waals surface area contributed by atoms with Crippen molar-refractivity contribution in [1.29, 1.82) is 0 Å². The largest absolute Gasteiger partial charge is 0.756 e. The summed E-state index contributed by atoms with van der Waals surface area (Å²) in [6, 6.07) is 0. The number of phosphoric acid groups is 1. The fraction of sp³-hybridized carbons (Fsp3) is 0.712. The Kier molecular flexibility index (Phi) is 42.6. The first-order valence-corrected chi connectivity index (χ1v) is 25.8. The van der Waals surface area contributed by atoms with E-state index in [1.807, 2.05) is 21.1 Å². The second kappa shape index (κ2) is 44.3. The van der Waals surface area contributed by atoms with Crippen molar-refractivity contribution in [2.24, 2.45) is 0 Å². The van der Waals surface area contributed by atoms with Gasteiger partial charge in [-0.05, 0) is 83.5 Å². The van der Waals surface area contributed by atoms with Crippen LogP contribution in [-0.4, -0.2) is 70.7 Å². The molecule has 0 spiro atoms. The Labute approximate surface area is 375 Å². The van der Waals surface area contributed by atoms with E-state index in [1.165, 1.54) is 64.2 Å². The van der Waals surface area contributed by atoms with E-state index in [2.05, 4.69) is 98.9 Å². The Hall–Kier alpha value is -2.32. The highest BCUT2D eigenvalue weighted by atomic mass is 31.2. The second-order valence-corrected chi connectivity index (χ2v) is 18.5. The number of unbranched alkanes of at least 4 members (excludes halogenated alkanes) is 16. The van der Waals surface area contributed by atoms with E-state index in [9.17, 15) is 14.3 Å². The zero-order valence-corrected chi connectivity index (χ0v) is 40.7. The summed E-state index contributed by atoms with van der Waals surface area (Å²) in [5.74, 6) is -0.348. The lowest BCUT2D eigenvalue weighted by Crippen LogP contribution is -2.37. The SMILES string of the molecule is CC/C=C\C/C=C\C/C=C\C/C=C\CCCCCCCCCCCCCCC(=O)OC(COCCCCCC/C=C\C/C=C\C/C=C\CC)COP(=O)([O-])OCC[N+](C)(C)C. The Bertz CT molecular complexity index is 1250. The summed E-state index contributed by atoms with van der Waals surface area (Å²) in [5.41, 5.74) is 0. The first-order valence-electron chi connectivity index (χ1n) is 24.3. The molecule has 0 saturated carbocycles. The highest BCUT2D eigenvalue weighted by Gasteiger charge is 2.20. The summed E-state index contributed by atoms with van der Waals surface area (Å²) in [6.45, 7) is 5.12. The number of ether oxygens (including phenoxy) is 2. The van der Waals surface area contributed by atoms with Gasteiger partial charge in [0.05, 0.1) is 34.4 Å². The van der Waals surface area contributed by atoms with Crippen LogP contribution in [-0.2, 0) is 27.9 Å². The fourth-order valence-corrected chi connectivity index (χ4v) is 6.99. The number of carbonyl (C=O) groups excluding carboxylic acids is 1. The number of quaternary nitrogens is 1. The van der Waals surface area contributed by atoms with Crippen LogP contribution in [0.25, 0.3) is 0 Å². The first kappa shape index (κ1) is 58.7. The van der Waals surface area contributed by atoms with Crippen molar-refractivity contribution in [3.05, 3.63) is 85.1 Å². The van der Waals surface area contributed by atoms with Gasteiger partial charge in [0.15, 0.2) is 0 Å². The van der Waals surface area contributed by atoms with Crippen molar-refractivity contribution in [3.8, 4) is 0 Å². The van der Waals surface area contributed by atoms with Gasteiger partial charge in [0.1, 0.15) is 19.3 Å². The average Bonchev–Trinajstić information content (AvgIpc) is 3.22. The third-order valence-electron chi connectivity index (χ3n) is 9.94. The van der Waals surface area contributed by atoms with Crippen LogP contribution in [0.15, 0.2) is 85.1 Å². The first-order chi connectivity index (χ1) is 29.6. The van der Waals surface area contributed by atoms with Gasteiger partial charge in [-0.15, -0.1) is 0 Å². The molecule has 9 heteroatoms. The molecular weight excluding hydrogens is 782 g/mol. The number of nitrogens with zero attached hydrogens (tertiary/aromatic N) is 1. The Morgan fingerprint density at radius 2 is 0.902 bits per heavy atom. The van der Waals surface area contributed by atoms with Gasteiger partial charge in [0.25, 0.3) is 7.82 Å². The van der Waals surface area contributed by atoms with Crippen molar-refractivity contribution >= 4 is 13.8 Å². The summed E-state index contributed by atoms with van der Waals surface area (Å²) >= 11 is 0. The molecule has 2 unspecified atom stereocenters. The highest BCUT2D eigenvalue weighted by Crippen LogP contribution is 2.38. The normalized spacial score (nSPS) is 14.4. The summed E-state index contributed by atoms with van der Waals surface area (Å²) in [7, 11) is 1.33. The quantitative estimate of drug-likeness (QED) is 0.0198. The molecule has 0 radical (unpaired) electrons. The van der Waals surface area contributed by atoms with Crippen LogP contribution in [0.5, 0.6) is 0 Å². The smallest absolute Gasteiger partial charge is 0.306 e. The molecule has 0 aromatic rings. The average molecular weight is 874 g/mol. The lowest BCUT2D eigenvalue weighted by Gasteiger charge is -2.28. The van der Waals surface area contributed by atoms with Gasteiger partial charge in [-0.2, -0.15) is 0 Å². The molecule has 0 amide bonds. The monoisotopic (exact) mass is 874 g/mol. The molecule has 0 N–H and O–H groups in total. The van der Waals surface area contributed by atoms with Crippen LogP contribution in [0.2, 0.25) is 0 Å². The number of hydrogen-bond acceptors (Lipinski definition) is 7. The lowest BCUT2D eigenvalue weighted by atomic mass is 10.0. The number of phosphoric ester groups is 1. The molecule has 2 atom stereocenters. The van der Waals surface area contributed by atoms with E-state index >= 15 is 0 Å². The van der Waals surface area contributed by atoms with Crippen molar-refractivity contribution in [1.82, 2.24) is 0 Å². The molecule has 0 saturated heterocycles. The van der Waals surface area contributed by atoms with Gasteiger partial charge < -0.3 is 27.9 Å². The second-order valence-electron chi connectivity index (χ2n) is 17.1. The molecule has 0 bridgehead atoms. The van der Waals surface area contributed by atoms with E-state index < -0.39 is 13.9 Å². The minimum Gasteiger partial charge on any atom is -0.756 e. The zero-order valence-electron chi connectivity index (χ0n) is 39.8. The van der Waals surface area contributed by atoms with Crippen molar-refractivity contribution in [2.45, 2.75) is 187 Å². The van der Waals surface area contributed by atoms with E-state index in [0.717, 1.165) is 96.3 Å². The summed E-state index contributed by atoms with van der Waals surface area (Å²) < 4.78 is 34.6. The standard InChI is InChI=1S/C52H92NO7P/c1-6-8-10-12-14-16-18-20-22-23-24-25-26-27-28-29-30-31-32-33-35-37-39-41-43-45-52(54)60-51(50-59-61(55,56)58-48-46-53(3,4)5)49-57-47-44-42-40-38-36-34-21-19-17-15-13-11-9-7-2/h8-11,14-17,20-22,24-25,34,51H,6-7,12-13,18-19,23,26-33,35-50H2,1-5H3/b10-8-,11-9-,16-14-,17-15-,22-20-,25-24-,34-21-. The molecule has 0 aliphatic carbocycles. The minimum absolute atomic E-state index is 0.0171. The van der Waals surface area contributed by atoms with Gasteiger partial charge in [0, 0.05) is 13.0 Å². The Balaban J connectivity index is 4.15. The topological polar surface area (TPSA) is 94.1 Å². The Morgan fingerprint density at radius 1 is 0.508 bits per heavy atom. The van der Waals surface area contributed by atoms with Crippen LogP contribution in [0.1, 0.15) is 181 Å². The van der Waals surface area contributed by atoms with E-state index in [-0.39, 0.29) is 25.8 Å². The molecule has 0 rings (SSSR count). The van der Waals surface area contributed by atoms with Crippen molar-refractivity contribution in [3.63, 3.8) is 0 Å². The van der Waals surface area contributed by atoms with Crippen molar-refractivity contribution < 1.29 is 37.3 Å². The maximum Gasteiger partial charge on any atom is 0.306 e. The summed E-state index contributed by atoms with van der Waals surface area (Å²) in [4.78, 5) is 25.1. The number of likely N-dealkylation sites (N-methyl/N-ethyl adjacent to an activating group) is 1. The minimum atomic E-state index is -4.54. The third kappa shape index (κ3) is 48.6. The zero-order chi connectivity index (χ0) is 44.8. The molecular formula is C52H92NO7P. The fourth-order valence-electron chi connectivity index (χ4n) is 6.26. The van der Waals surface area contributed by atoms with E-state index in [0.29, 0.717) is 24.1 Å². The molecule has 0 fully saturated rings. The number of hydrogen-bond donors (Lipinski definition) is 0. The molecule has 0 aliphatic rings. The summed E-state index contributed by atoms with van der Waals surface area (Å²) in [6.07, 6.45) is 58.9. The Morgan fingerprint density at radius 3 is 1.34 bits per heavy atom. The van der Waals surface area contributed by atoms with E-state index in [1.54, 1.807) is 0 Å². The van der Waals surface area contributed by atoms with Crippen molar-refractivity contribution in [2.75, 3.05) is 54.1 Å². The molecule has 0 aromatic carbocycles.